The molecule has 0 saturated carbocycles. The number of hydrogen-bond donors (Lipinski definition) is 1. The van der Waals surface area contributed by atoms with E-state index in [4.69, 9.17) is 4.42 Å². The molecule has 4 rings (SSSR count). The Bertz CT molecular complexity index is 774. The van der Waals surface area contributed by atoms with E-state index in [2.05, 4.69) is 17.4 Å². The van der Waals surface area contributed by atoms with Crippen LogP contribution in [0, 0.1) is 5.92 Å². The molecular formula is C19H20N2O3S. The van der Waals surface area contributed by atoms with Gasteiger partial charge in [-0.05, 0) is 30.7 Å². The van der Waals surface area contributed by atoms with Crippen LogP contribution in [0.4, 0.5) is 0 Å². The maximum absolute atomic E-state index is 12.7. The summed E-state index contributed by atoms with van der Waals surface area (Å²) < 4.78 is 5.76. The summed E-state index contributed by atoms with van der Waals surface area (Å²) in [5.74, 6) is 2.13. The van der Waals surface area contributed by atoms with Gasteiger partial charge in [0.2, 0.25) is 5.91 Å². The van der Waals surface area contributed by atoms with E-state index in [9.17, 15) is 9.59 Å². The number of thioether (sulfide) groups is 1. The van der Waals surface area contributed by atoms with Gasteiger partial charge in [0.25, 0.3) is 5.91 Å². The van der Waals surface area contributed by atoms with Gasteiger partial charge < -0.3 is 14.6 Å². The summed E-state index contributed by atoms with van der Waals surface area (Å²) in [6.45, 7) is 1.28. The third-order valence-electron chi connectivity index (χ3n) is 4.81. The number of likely N-dealkylation sites (tertiary alicyclic amines) is 1. The second kappa shape index (κ2) is 6.96. The summed E-state index contributed by atoms with van der Waals surface area (Å²) >= 11 is 1.68. The van der Waals surface area contributed by atoms with Crippen molar-refractivity contribution >= 4 is 23.6 Å². The number of amides is 2. The standard InChI is InChI=1S/C19H20N2O3S/c22-18-10-13-11-21(9-8-16(13)20-18)19(23)17-7-6-14(24-17)12-25-15-4-2-1-3-5-15/h1-7,13,16H,8-12H2,(H,20,22)/t13-,16+/m1/s1. The fourth-order valence-electron chi connectivity index (χ4n) is 3.51. The summed E-state index contributed by atoms with van der Waals surface area (Å²) in [6, 6.07) is 14.0. The lowest BCUT2D eigenvalue weighted by molar-refractivity contribution is -0.119. The van der Waals surface area contributed by atoms with Crippen molar-refractivity contribution < 1.29 is 14.0 Å². The van der Waals surface area contributed by atoms with Crippen molar-refractivity contribution in [3.8, 4) is 0 Å². The molecule has 0 spiro atoms. The zero-order valence-electron chi connectivity index (χ0n) is 13.8. The molecule has 5 nitrogen and oxygen atoms in total. The van der Waals surface area contributed by atoms with Gasteiger partial charge in [-0.3, -0.25) is 9.59 Å². The molecule has 3 heterocycles. The Morgan fingerprint density at radius 3 is 2.92 bits per heavy atom. The average Bonchev–Trinajstić information content (AvgIpc) is 3.25. The van der Waals surface area contributed by atoms with E-state index in [1.165, 1.54) is 4.90 Å². The van der Waals surface area contributed by atoms with E-state index in [1.54, 1.807) is 17.8 Å². The first-order valence-corrected chi connectivity index (χ1v) is 9.53. The zero-order valence-corrected chi connectivity index (χ0v) is 14.6. The second-order valence-corrected chi connectivity index (χ2v) is 7.59. The molecule has 2 aromatic rings. The number of furan rings is 1. The largest absolute Gasteiger partial charge is 0.455 e. The molecule has 0 unspecified atom stereocenters. The Morgan fingerprint density at radius 1 is 1.24 bits per heavy atom. The van der Waals surface area contributed by atoms with E-state index in [0.717, 1.165) is 12.2 Å². The number of carbonyl (C=O) groups is 2. The highest BCUT2D eigenvalue weighted by Gasteiger charge is 2.38. The van der Waals surface area contributed by atoms with E-state index in [1.807, 2.05) is 29.2 Å². The van der Waals surface area contributed by atoms with Crippen LogP contribution in [0.5, 0.6) is 0 Å². The third kappa shape index (κ3) is 3.58. The predicted octanol–water partition coefficient (Wildman–Crippen LogP) is 2.92. The number of fused-ring (bicyclic) bond motifs is 1. The Labute approximate surface area is 150 Å². The van der Waals surface area contributed by atoms with Crippen molar-refractivity contribution in [3.63, 3.8) is 0 Å². The molecule has 1 aromatic carbocycles. The fraction of sp³-hybridized carbons (Fsp3) is 0.368. The smallest absolute Gasteiger partial charge is 0.289 e. The summed E-state index contributed by atoms with van der Waals surface area (Å²) in [5, 5.41) is 2.99. The fourth-order valence-corrected chi connectivity index (χ4v) is 4.33. The van der Waals surface area contributed by atoms with Crippen molar-refractivity contribution in [2.45, 2.75) is 29.5 Å². The van der Waals surface area contributed by atoms with Crippen molar-refractivity contribution in [1.29, 1.82) is 0 Å². The molecule has 2 atom stereocenters. The van der Waals surface area contributed by atoms with Gasteiger partial charge in [0, 0.05) is 36.4 Å². The molecule has 2 amide bonds. The molecule has 2 aliphatic heterocycles. The van der Waals surface area contributed by atoms with E-state index < -0.39 is 0 Å². The Balaban J connectivity index is 1.36. The highest BCUT2D eigenvalue weighted by atomic mass is 32.2. The summed E-state index contributed by atoms with van der Waals surface area (Å²) in [5.41, 5.74) is 0. The van der Waals surface area contributed by atoms with Gasteiger partial charge in [-0.2, -0.15) is 0 Å². The van der Waals surface area contributed by atoms with Crippen LogP contribution >= 0.6 is 11.8 Å². The van der Waals surface area contributed by atoms with Gasteiger partial charge in [-0.15, -0.1) is 11.8 Å². The molecule has 130 valence electrons. The van der Waals surface area contributed by atoms with Gasteiger partial charge >= 0.3 is 0 Å². The number of piperidine rings is 1. The lowest BCUT2D eigenvalue weighted by atomic mass is 9.93. The lowest BCUT2D eigenvalue weighted by Gasteiger charge is -2.33. The Morgan fingerprint density at radius 2 is 2.08 bits per heavy atom. The summed E-state index contributed by atoms with van der Waals surface area (Å²) in [4.78, 5) is 27.2. The summed E-state index contributed by atoms with van der Waals surface area (Å²) in [6.07, 6.45) is 1.34. The molecule has 25 heavy (non-hydrogen) atoms. The van der Waals surface area contributed by atoms with Gasteiger partial charge in [0.1, 0.15) is 5.76 Å². The maximum Gasteiger partial charge on any atom is 0.289 e. The lowest BCUT2D eigenvalue weighted by Crippen LogP contribution is -2.47. The highest BCUT2D eigenvalue weighted by Crippen LogP contribution is 2.27. The third-order valence-corrected chi connectivity index (χ3v) is 5.85. The van der Waals surface area contributed by atoms with Crippen LogP contribution < -0.4 is 5.32 Å². The first-order chi connectivity index (χ1) is 12.2. The molecule has 2 fully saturated rings. The van der Waals surface area contributed by atoms with Gasteiger partial charge in [0.15, 0.2) is 5.76 Å². The van der Waals surface area contributed by atoms with E-state index in [-0.39, 0.29) is 23.8 Å². The molecule has 0 bridgehead atoms. The minimum absolute atomic E-state index is 0.0752. The number of rotatable bonds is 4. The minimum atomic E-state index is -0.0752. The van der Waals surface area contributed by atoms with Crippen LogP contribution in [-0.2, 0) is 10.5 Å². The van der Waals surface area contributed by atoms with Crippen molar-refractivity contribution in [3.05, 3.63) is 54.0 Å². The quantitative estimate of drug-likeness (QED) is 0.856. The number of benzene rings is 1. The monoisotopic (exact) mass is 356 g/mol. The van der Waals surface area contributed by atoms with Gasteiger partial charge in [0.05, 0.1) is 5.75 Å². The van der Waals surface area contributed by atoms with Crippen LogP contribution in [0.1, 0.15) is 29.2 Å². The van der Waals surface area contributed by atoms with Crippen LogP contribution in [0.3, 0.4) is 0 Å². The number of hydrogen-bond acceptors (Lipinski definition) is 4. The predicted molar refractivity (Wildman–Crippen MR) is 95.3 cm³/mol. The first-order valence-electron chi connectivity index (χ1n) is 8.54. The maximum atomic E-state index is 12.7. The van der Waals surface area contributed by atoms with E-state index in [0.29, 0.717) is 31.0 Å². The zero-order chi connectivity index (χ0) is 17.2. The second-order valence-electron chi connectivity index (χ2n) is 6.55. The highest BCUT2D eigenvalue weighted by molar-refractivity contribution is 7.98. The number of nitrogens with zero attached hydrogens (tertiary/aromatic N) is 1. The molecular weight excluding hydrogens is 336 g/mol. The molecule has 2 aliphatic rings. The molecule has 1 N–H and O–H groups in total. The normalized spacial score (nSPS) is 22.6. The Hall–Kier alpha value is -2.21. The minimum Gasteiger partial charge on any atom is -0.455 e. The van der Waals surface area contributed by atoms with Crippen molar-refractivity contribution in [1.82, 2.24) is 10.2 Å². The summed E-state index contributed by atoms with van der Waals surface area (Å²) in [7, 11) is 0. The van der Waals surface area contributed by atoms with Crippen molar-refractivity contribution in [2.75, 3.05) is 13.1 Å². The average molecular weight is 356 g/mol. The van der Waals surface area contributed by atoms with Crippen molar-refractivity contribution in [2.24, 2.45) is 5.92 Å². The molecule has 2 saturated heterocycles. The van der Waals surface area contributed by atoms with Gasteiger partial charge in [-0.25, -0.2) is 0 Å². The van der Waals surface area contributed by atoms with E-state index >= 15 is 0 Å². The van der Waals surface area contributed by atoms with Crippen LogP contribution in [0.2, 0.25) is 0 Å². The molecule has 1 aromatic heterocycles. The Kier molecular flexibility index (Phi) is 4.53. The van der Waals surface area contributed by atoms with Gasteiger partial charge in [-0.1, -0.05) is 18.2 Å². The first kappa shape index (κ1) is 16.3. The number of carbonyl (C=O) groups excluding carboxylic acids is 2. The van der Waals surface area contributed by atoms with Crippen LogP contribution in [0.15, 0.2) is 51.8 Å². The SMILES string of the molecule is O=C1C[C@@H]2CN(C(=O)c3ccc(CSc4ccccc4)o3)CC[C@@H]2N1. The van der Waals surface area contributed by atoms with Crippen LogP contribution in [0.25, 0.3) is 0 Å². The molecule has 6 heteroatoms. The topological polar surface area (TPSA) is 62.6 Å². The van der Waals surface area contributed by atoms with Crippen LogP contribution in [-0.4, -0.2) is 35.8 Å². The molecule has 0 radical (unpaired) electrons. The number of nitrogens with one attached hydrogen (secondary N) is 1. The molecule has 0 aliphatic carbocycles.